The van der Waals surface area contributed by atoms with E-state index in [2.05, 4.69) is 30.5 Å². The van der Waals surface area contributed by atoms with Crippen LogP contribution in [0.15, 0.2) is 12.4 Å². The third kappa shape index (κ3) is 4.06. The van der Waals surface area contributed by atoms with Crippen LogP contribution in [-0.2, 0) is 6.54 Å². The van der Waals surface area contributed by atoms with E-state index in [0.29, 0.717) is 6.04 Å². The molecule has 3 heterocycles. The molecule has 0 saturated carbocycles. The van der Waals surface area contributed by atoms with E-state index in [0.717, 1.165) is 60.0 Å². The molecule has 2 aromatic heterocycles. The van der Waals surface area contributed by atoms with Crippen molar-refractivity contribution < 1.29 is 9.53 Å². The average Bonchev–Trinajstić information content (AvgIpc) is 3.17. The summed E-state index contributed by atoms with van der Waals surface area (Å²) in [5, 5.41) is 6.21. The third-order valence-corrected chi connectivity index (χ3v) is 5.36. The van der Waals surface area contributed by atoms with Crippen molar-refractivity contribution in [2.24, 2.45) is 0 Å². The first-order valence-corrected chi connectivity index (χ1v) is 9.47. The van der Waals surface area contributed by atoms with Crippen molar-refractivity contribution in [2.75, 3.05) is 32.1 Å². The molecule has 1 fully saturated rings. The van der Waals surface area contributed by atoms with E-state index in [1.807, 2.05) is 27.0 Å². The third-order valence-electron chi connectivity index (χ3n) is 5.36. The fourth-order valence-corrected chi connectivity index (χ4v) is 3.44. The van der Waals surface area contributed by atoms with Crippen LogP contribution in [0.25, 0.3) is 0 Å². The SMILES string of the molecule is CNC(=O)c1nc(C)c(C)c(N2CC[C@@H](NCc3cncc(OC)c3C)C2)n1. The van der Waals surface area contributed by atoms with Gasteiger partial charge in [0.25, 0.3) is 5.91 Å². The monoisotopic (exact) mass is 384 g/mol. The van der Waals surface area contributed by atoms with Crippen LogP contribution < -0.4 is 20.3 Å². The largest absolute Gasteiger partial charge is 0.495 e. The Balaban J connectivity index is 1.69. The fourth-order valence-electron chi connectivity index (χ4n) is 3.44. The molecule has 3 rings (SSSR count). The number of aryl methyl sites for hydroxylation is 1. The summed E-state index contributed by atoms with van der Waals surface area (Å²) in [4.78, 5) is 27.3. The number of nitrogens with one attached hydrogen (secondary N) is 2. The molecule has 0 radical (unpaired) electrons. The number of aromatic nitrogens is 3. The zero-order chi connectivity index (χ0) is 20.3. The van der Waals surface area contributed by atoms with Crippen molar-refractivity contribution in [3.05, 3.63) is 40.6 Å². The molecule has 1 atom stereocenters. The first-order valence-electron chi connectivity index (χ1n) is 9.47. The number of ether oxygens (including phenoxy) is 1. The van der Waals surface area contributed by atoms with E-state index in [-0.39, 0.29) is 11.7 Å². The van der Waals surface area contributed by atoms with Crippen LogP contribution in [0.5, 0.6) is 5.75 Å². The van der Waals surface area contributed by atoms with Crippen molar-refractivity contribution in [2.45, 2.75) is 39.8 Å². The topological polar surface area (TPSA) is 92.3 Å². The molecule has 1 amide bonds. The Hall–Kier alpha value is -2.74. The highest BCUT2D eigenvalue weighted by Crippen LogP contribution is 2.25. The standard InChI is InChI=1S/C20H28N6O2/c1-12-14(3)24-18(20(27)21-4)25-19(12)26-7-6-16(11-26)23-9-15-8-22-10-17(28-5)13(15)2/h8,10,16,23H,6-7,9,11H2,1-5H3,(H,21,27)/t16-/m1/s1. The van der Waals surface area contributed by atoms with Gasteiger partial charge in [-0.1, -0.05) is 0 Å². The van der Waals surface area contributed by atoms with Gasteiger partial charge in [0, 0.05) is 50.2 Å². The van der Waals surface area contributed by atoms with Gasteiger partial charge in [-0.05, 0) is 38.3 Å². The number of methoxy groups -OCH3 is 1. The molecule has 1 aliphatic heterocycles. The summed E-state index contributed by atoms with van der Waals surface area (Å²) >= 11 is 0. The molecular formula is C20H28N6O2. The Kier molecular flexibility index (Phi) is 6.08. The number of pyridine rings is 1. The molecule has 28 heavy (non-hydrogen) atoms. The highest BCUT2D eigenvalue weighted by Gasteiger charge is 2.26. The average molecular weight is 384 g/mol. The van der Waals surface area contributed by atoms with Crippen molar-refractivity contribution in [1.29, 1.82) is 0 Å². The van der Waals surface area contributed by atoms with Crippen LogP contribution in [0.2, 0.25) is 0 Å². The maximum Gasteiger partial charge on any atom is 0.288 e. The molecule has 8 nitrogen and oxygen atoms in total. The summed E-state index contributed by atoms with van der Waals surface area (Å²) in [5.74, 6) is 1.60. The van der Waals surface area contributed by atoms with E-state index >= 15 is 0 Å². The summed E-state index contributed by atoms with van der Waals surface area (Å²) in [6.45, 7) is 8.42. The Morgan fingerprint density at radius 3 is 2.75 bits per heavy atom. The zero-order valence-corrected chi connectivity index (χ0v) is 17.2. The summed E-state index contributed by atoms with van der Waals surface area (Å²) in [5.41, 5.74) is 4.09. The quantitative estimate of drug-likeness (QED) is 0.780. The van der Waals surface area contributed by atoms with Crippen LogP contribution in [-0.4, -0.2) is 54.1 Å². The number of nitrogens with zero attached hydrogens (tertiary/aromatic N) is 4. The van der Waals surface area contributed by atoms with Crippen LogP contribution in [0.1, 0.15) is 39.4 Å². The predicted molar refractivity (Wildman–Crippen MR) is 108 cm³/mol. The Morgan fingerprint density at radius 1 is 1.25 bits per heavy atom. The number of hydrogen-bond acceptors (Lipinski definition) is 7. The van der Waals surface area contributed by atoms with Gasteiger partial charge >= 0.3 is 0 Å². The van der Waals surface area contributed by atoms with Crippen LogP contribution in [0, 0.1) is 20.8 Å². The molecular weight excluding hydrogens is 356 g/mol. The van der Waals surface area contributed by atoms with Crippen LogP contribution >= 0.6 is 0 Å². The number of carbonyl (C=O) groups excluding carboxylic acids is 1. The lowest BCUT2D eigenvalue weighted by atomic mass is 10.1. The van der Waals surface area contributed by atoms with Crippen LogP contribution in [0.3, 0.4) is 0 Å². The second-order valence-corrected chi connectivity index (χ2v) is 7.10. The van der Waals surface area contributed by atoms with E-state index in [1.165, 1.54) is 0 Å². The van der Waals surface area contributed by atoms with Gasteiger partial charge in [0.15, 0.2) is 0 Å². The molecule has 0 unspecified atom stereocenters. The van der Waals surface area contributed by atoms with E-state index in [9.17, 15) is 4.79 Å². The van der Waals surface area contributed by atoms with Gasteiger partial charge in [0.2, 0.25) is 5.82 Å². The van der Waals surface area contributed by atoms with Crippen molar-refractivity contribution in [1.82, 2.24) is 25.6 Å². The Morgan fingerprint density at radius 2 is 2.04 bits per heavy atom. The minimum absolute atomic E-state index is 0.218. The normalized spacial score (nSPS) is 16.3. The number of amides is 1. The zero-order valence-electron chi connectivity index (χ0n) is 17.2. The molecule has 2 N–H and O–H groups in total. The molecule has 150 valence electrons. The summed E-state index contributed by atoms with van der Waals surface area (Å²) in [7, 11) is 3.25. The summed E-state index contributed by atoms with van der Waals surface area (Å²) < 4.78 is 5.35. The van der Waals surface area contributed by atoms with Gasteiger partial charge in [0.1, 0.15) is 11.6 Å². The van der Waals surface area contributed by atoms with Gasteiger partial charge in [-0.3, -0.25) is 9.78 Å². The van der Waals surface area contributed by atoms with E-state index in [4.69, 9.17) is 4.74 Å². The summed E-state index contributed by atoms with van der Waals surface area (Å²) in [6.07, 6.45) is 4.62. The number of rotatable bonds is 6. The van der Waals surface area contributed by atoms with E-state index in [1.54, 1.807) is 20.4 Å². The second-order valence-electron chi connectivity index (χ2n) is 7.10. The molecule has 0 aliphatic carbocycles. The van der Waals surface area contributed by atoms with Crippen LogP contribution in [0.4, 0.5) is 5.82 Å². The second kappa shape index (κ2) is 8.52. The first kappa shape index (κ1) is 20.0. The fraction of sp³-hybridized carbons (Fsp3) is 0.500. The number of hydrogen-bond donors (Lipinski definition) is 2. The maximum atomic E-state index is 12.0. The number of carbonyl (C=O) groups is 1. The molecule has 1 aliphatic rings. The molecule has 0 bridgehead atoms. The molecule has 0 spiro atoms. The molecule has 0 aromatic carbocycles. The summed E-state index contributed by atoms with van der Waals surface area (Å²) in [6, 6.07) is 0.337. The smallest absolute Gasteiger partial charge is 0.288 e. The van der Waals surface area contributed by atoms with Gasteiger partial charge in [0.05, 0.1) is 13.3 Å². The van der Waals surface area contributed by atoms with Gasteiger partial charge in [-0.25, -0.2) is 9.97 Å². The van der Waals surface area contributed by atoms with Crippen molar-refractivity contribution >= 4 is 11.7 Å². The van der Waals surface area contributed by atoms with Gasteiger partial charge in [-0.2, -0.15) is 0 Å². The minimum atomic E-state index is -0.265. The Bertz CT molecular complexity index is 870. The van der Waals surface area contributed by atoms with Gasteiger partial charge in [-0.15, -0.1) is 0 Å². The van der Waals surface area contributed by atoms with Crippen molar-refractivity contribution in [3.8, 4) is 5.75 Å². The van der Waals surface area contributed by atoms with E-state index < -0.39 is 0 Å². The Labute approximate surface area is 165 Å². The lowest BCUT2D eigenvalue weighted by molar-refractivity contribution is 0.0952. The lowest BCUT2D eigenvalue weighted by Gasteiger charge is -2.21. The maximum absolute atomic E-state index is 12.0. The highest BCUT2D eigenvalue weighted by atomic mass is 16.5. The van der Waals surface area contributed by atoms with Crippen molar-refractivity contribution in [3.63, 3.8) is 0 Å². The minimum Gasteiger partial charge on any atom is -0.495 e. The lowest BCUT2D eigenvalue weighted by Crippen LogP contribution is -2.33. The first-order chi connectivity index (χ1) is 13.4. The predicted octanol–water partition coefficient (Wildman–Crippen LogP) is 1.53. The highest BCUT2D eigenvalue weighted by molar-refractivity contribution is 5.90. The number of anilines is 1. The molecule has 2 aromatic rings. The van der Waals surface area contributed by atoms with Gasteiger partial charge < -0.3 is 20.3 Å². The molecule has 8 heteroatoms. The molecule has 1 saturated heterocycles.